The summed E-state index contributed by atoms with van der Waals surface area (Å²) in [5, 5.41) is 0. The fraction of sp³-hybridized carbons (Fsp3) is 0.889. The van der Waals surface area contributed by atoms with Crippen molar-refractivity contribution in [3.05, 3.63) is 0 Å². The van der Waals surface area contributed by atoms with Gasteiger partial charge in [0.15, 0.2) is 0 Å². The van der Waals surface area contributed by atoms with E-state index < -0.39 is 5.60 Å². The minimum Gasteiger partial charge on any atom is -0.444 e. The van der Waals surface area contributed by atoms with E-state index in [0.717, 1.165) is 32.4 Å². The minimum absolute atomic E-state index is 0.0613. The van der Waals surface area contributed by atoms with Crippen molar-refractivity contribution < 1.29 is 19.1 Å². The van der Waals surface area contributed by atoms with E-state index in [1.165, 1.54) is 0 Å². The van der Waals surface area contributed by atoms with Gasteiger partial charge in [0.2, 0.25) is 5.91 Å². The summed E-state index contributed by atoms with van der Waals surface area (Å²) in [6, 6.07) is -0.0613. The Bertz CT molecular complexity index is 460. The summed E-state index contributed by atoms with van der Waals surface area (Å²) in [6.07, 6.45) is 2.19. The number of amides is 2. The zero-order chi connectivity index (χ0) is 17.9. The molecule has 138 valence electrons. The molecule has 2 aliphatic heterocycles. The lowest BCUT2D eigenvalue weighted by Crippen LogP contribution is -2.45. The molecule has 6 heteroatoms. The number of hydrogen-bond donors (Lipinski definition) is 0. The molecular formula is C18H32N2O4. The number of rotatable bonds is 4. The van der Waals surface area contributed by atoms with Crippen LogP contribution in [0.5, 0.6) is 0 Å². The summed E-state index contributed by atoms with van der Waals surface area (Å²) in [5.74, 6) is 0.512. The maximum absolute atomic E-state index is 12.9. The van der Waals surface area contributed by atoms with Gasteiger partial charge in [-0.2, -0.15) is 0 Å². The largest absolute Gasteiger partial charge is 0.444 e. The lowest BCUT2D eigenvalue weighted by atomic mass is 9.96. The molecule has 0 aromatic heterocycles. The van der Waals surface area contributed by atoms with E-state index in [1.54, 1.807) is 12.0 Å². The first-order valence-electron chi connectivity index (χ1n) is 9.04. The van der Waals surface area contributed by atoms with Crippen LogP contribution < -0.4 is 0 Å². The van der Waals surface area contributed by atoms with Gasteiger partial charge in [0, 0.05) is 38.7 Å². The van der Waals surface area contributed by atoms with E-state index >= 15 is 0 Å². The van der Waals surface area contributed by atoms with Crippen LogP contribution in [0.3, 0.4) is 0 Å². The molecule has 0 aliphatic carbocycles. The third-order valence-electron chi connectivity index (χ3n) is 4.91. The number of nitrogens with zero attached hydrogens (tertiary/aromatic N) is 2. The van der Waals surface area contributed by atoms with E-state index in [-0.39, 0.29) is 24.0 Å². The molecule has 3 atom stereocenters. The molecule has 0 radical (unpaired) electrons. The maximum Gasteiger partial charge on any atom is 0.410 e. The van der Waals surface area contributed by atoms with Gasteiger partial charge < -0.3 is 19.3 Å². The van der Waals surface area contributed by atoms with Gasteiger partial charge in [-0.15, -0.1) is 0 Å². The molecule has 6 nitrogen and oxygen atoms in total. The number of carbonyl (C=O) groups is 2. The SMILES string of the molecule is CCC1C(C(=O)N2CCC(COC)C2)CCN1C(=O)OC(C)(C)C. The van der Waals surface area contributed by atoms with Crippen LogP contribution in [-0.2, 0) is 14.3 Å². The second-order valence-electron chi connectivity index (χ2n) is 7.94. The second kappa shape index (κ2) is 7.72. The van der Waals surface area contributed by atoms with E-state index in [1.807, 2.05) is 32.6 Å². The first-order chi connectivity index (χ1) is 11.3. The van der Waals surface area contributed by atoms with Crippen molar-refractivity contribution in [2.75, 3.05) is 33.4 Å². The first-order valence-corrected chi connectivity index (χ1v) is 9.04. The highest BCUT2D eigenvalue weighted by molar-refractivity contribution is 5.81. The van der Waals surface area contributed by atoms with Gasteiger partial charge in [0.05, 0.1) is 12.5 Å². The molecule has 0 saturated carbocycles. The van der Waals surface area contributed by atoms with Crippen LogP contribution in [0.1, 0.15) is 47.0 Å². The smallest absolute Gasteiger partial charge is 0.410 e. The standard InChI is InChI=1S/C18H32N2O4/c1-6-15-14(8-10-20(15)17(22)24-18(2,3)4)16(21)19-9-7-13(11-19)12-23-5/h13-15H,6-12H2,1-5H3. The van der Waals surface area contributed by atoms with Crippen LogP contribution in [0.25, 0.3) is 0 Å². The number of likely N-dealkylation sites (tertiary alicyclic amines) is 2. The predicted molar refractivity (Wildman–Crippen MR) is 91.7 cm³/mol. The number of methoxy groups -OCH3 is 1. The van der Waals surface area contributed by atoms with E-state index in [2.05, 4.69) is 0 Å². The summed E-state index contributed by atoms with van der Waals surface area (Å²) in [6.45, 7) is 10.5. The van der Waals surface area contributed by atoms with Crippen molar-refractivity contribution in [1.29, 1.82) is 0 Å². The van der Waals surface area contributed by atoms with Gasteiger partial charge in [-0.3, -0.25) is 4.79 Å². The quantitative estimate of drug-likeness (QED) is 0.789. The van der Waals surface area contributed by atoms with Crippen LogP contribution in [0, 0.1) is 11.8 Å². The van der Waals surface area contributed by atoms with Crippen molar-refractivity contribution in [2.24, 2.45) is 11.8 Å². The molecule has 24 heavy (non-hydrogen) atoms. The highest BCUT2D eigenvalue weighted by atomic mass is 16.6. The number of ether oxygens (including phenoxy) is 2. The Kier molecular flexibility index (Phi) is 6.12. The highest BCUT2D eigenvalue weighted by Gasteiger charge is 2.43. The first kappa shape index (κ1) is 19.0. The maximum atomic E-state index is 12.9. The average Bonchev–Trinajstić information content (AvgIpc) is 3.11. The fourth-order valence-electron chi connectivity index (χ4n) is 3.83. The monoisotopic (exact) mass is 340 g/mol. The molecule has 2 amide bonds. The van der Waals surface area contributed by atoms with Crippen LogP contribution in [0.4, 0.5) is 4.79 Å². The van der Waals surface area contributed by atoms with Crippen molar-refractivity contribution in [2.45, 2.75) is 58.6 Å². The third-order valence-corrected chi connectivity index (χ3v) is 4.91. The molecule has 2 aliphatic rings. The molecule has 3 unspecified atom stereocenters. The highest BCUT2D eigenvalue weighted by Crippen LogP contribution is 2.31. The Morgan fingerprint density at radius 1 is 1.17 bits per heavy atom. The Hall–Kier alpha value is -1.30. The molecule has 0 N–H and O–H groups in total. The summed E-state index contributed by atoms with van der Waals surface area (Å²) in [5.41, 5.74) is -0.514. The summed E-state index contributed by atoms with van der Waals surface area (Å²) < 4.78 is 10.7. The van der Waals surface area contributed by atoms with Crippen molar-refractivity contribution >= 4 is 12.0 Å². The number of hydrogen-bond acceptors (Lipinski definition) is 4. The summed E-state index contributed by atoms with van der Waals surface area (Å²) in [7, 11) is 1.70. The Morgan fingerprint density at radius 3 is 2.46 bits per heavy atom. The van der Waals surface area contributed by atoms with Crippen LogP contribution in [-0.4, -0.2) is 66.8 Å². The molecular weight excluding hydrogens is 308 g/mol. The number of carbonyl (C=O) groups excluding carboxylic acids is 2. The van der Waals surface area contributed by atoms with Crippen LogP contribution in [0.15, 0.2) is 0 Å². The Morgan fingerprint density at radius 2 is 1.88 bits per heavy atom. The van der Waals surface area contributed by atoms with Crippen molar-refractivity contribution in [1.82, 2.24) is 9.80 Å². The lowest BCUT2D eigenvalue weighted by Gasteiger charge is -2.31. The van der Waals surface area contributed by atoms with Crippen molar-refractivity contribution in [3.63, 3.8) is 0 Å². The van der Waals surface area contributed by atoms with Gasteiger partial charge in [0.1, 0.15) is 5.60 Å². The van der Waals surface area contributed by atoms with Gasteiger partial charge in [-0.1, -0.05) is 6.92 Å². The fourth-order valence-corrected chi connectivity index (χ4v) is 3.83. The zero-order valence-electron chi connectivity index (χ0n) is 15.7. The molecule has 2 saturated heterocycles. The summed E-state index contributed by atoms with van der Waals surface area (Å²) >= 11 is 0. The Balaban J connectivity index is 1.99. The Labute approximate surface area is 145 Å². The topological polar surface area (TPSA) is 59.1 Å². The predicted octanol–water partition coefficient (Wildman–Crippen LogP) is 2.52. The van der Waals surface area contributed by atoms with Gasteiger partial charge >= 0.3 is 6.09 Å². The lowest BCUT2D eigenvalue weighted by molar-refractivity contribution is -0.135. The van der Waals surface area contributed by atoms with Crippen molar-refractivity contribution in [3.8, 4) is 0 Å². The second-order valence-corrected chi connectivity index (χ2v) is 7.94. The van der Waals surface area contributed by atoms with Crippen LogP contribution >= 0.6 is 0 Å². The average molecular weight is 340 g/mol. The van der Waals surface area contributed by atoms with E-state index in [4.69, 9.17) is 9.47 Å². The third kappa shape index (κ3) is 4.41. The normalized spacial score (nSPS) is 27.6. The molecule has 2 rings (SSSR count). The van der Waals surface area contributed by atoms with Gasteiger partial charge in [0.25, 0.3) is 0 Å². The molecule has 0 bridgehead atoms. The molecule has 2 fully saturated rings. The minimum atomic E-state index is -0.514. The zero-order valence-corrected chi connectivity index (χ0v) is 15.7. The molecule has 0 spiro atoms. The summed E-state index contributed by atoms with van der Waals surface area (Å²) in [4.78, 5) is 29.0. The van der Waals surface area contributed by atoms with Gasteiger partial charge in [-0.25, -0.2) is 4.79 Å². The van der Waals surface area contributed by atoms with Crippen LogP contribution in [0.2, 0.25) is 0 Å². The molecule has 0 aromatic rings. The molecule has 2 heterocycles. The van der Waals surface area contributed by atoms with Gasteiger partial charge in [-0.05, 0) is 40.0 Å². The van der Waals surface area contributed by atoms with E-state index in [0.29, 0.717) is 19.1 Å². The molecule has 0 aromatic carbocycles. The van der Waals surface area contributed by atoms with E-state index in [9.17, 15) is 9.59 Å².